The van der Waals surface area contributed by atoms with E-state index in [0.717, 1.165) is 24.8 Å². The smallest absolute Gasteiger partial charge is 0.295 e. The number of unbranched alkanes of at least 4 members (excludes halogenated alkanes) is 2. The summed E-state index contributed by atoms with van der Waals surface area (Å²) in [4.78, 5) is 27.7. The SMILES string of the molecule is CCCCCN1C(=O)C(=O)/C(=C(\O)c2ccc(Cl)c(OCC)c2)C1c1ccc(OC(C)C)cc1. The molecule has 7 heteroatoms. The number of benzene rings is 2. The third-order valence-electron chi connectivity index (χ3n) is 5.61. The fourth-order valence-corrected chi connectivity index (χ4v) is 4.23. The molecule has 0 bridgehead atoms. The first kappa shape index (κ1) is 25.6. The number of carbonyl (C=O) groups excluding carboxylic acids is 2. The highest BCUT2D eigenvalue weighted by atomic mass is 35.5. The van der Waals surface area contributed by atoms with Crippen LogP contribution >= 0.6 is 11.6 Å². The van der Waals surface area contributed by atoms with E-state index in [2.05, 4.69) is 6.92 Å². The maximum absolute atomic E-state index is 13.1. The molecule has 1 heterocycles. The third-order valence-corrected chi connectivity index (χ3v) is 5.93. The molecule has 1 unspecified atom stereocenters. The highest BCUT2D eigenvalue weighted by molar-refractivity contribution is 6.46. The van der Waals surface area contributed by atoms with Crippen molar-refractivity contribution in [1.29, 1.82) is 0 Å². The lowest BCUT2D eigenvalue weighted by Gasteiger charge is -2.25. The van der Waals surface area contributed by atoms with Crippen LogP contribution in [0.2, 0.25) is 5.02 Å². The van der Waals surface area contributed by atoms with E-state index in [1.54, 1.807) is 23.1 Å². The Morgan fingerprint density at radius 1 is 1.09 bits per heavy atom. The van der Waals surface area contributed by atoms with E-state index in [1.165, 1.54) is 0 Å². The van der Waals surface area contributed by atoms with Gasteiger partial charge in [-0.3, -0.25) is 9.59 Å². The minimum absolute atomic E-state index is 0.0231. The number of amides is 1. The number of aliphatic hydroxyl groups is 1. The maximum atomic E-state index is 13.1. The molecular formula is C27H32ClNO5. The van der Waals surface area contributed by atoms with Gasteiger partial charge in [-0.15, -0.1) is 0 Å². The fourth-order valence-electron chi connectivity index (χ4n) is 4.06. The first-order chi connectivity index (χ1) is 16.3. The van der Waals surface area contributed by atoms with Crippen molar-refractivity contribution < 1.29 is 24.2 Å². The van der Waals surface area contributed by atoms with E-state index < -0.39 is 17.7 Å². The number of aliphatic hydroxyl groups excluding tert-OH is 1. The lowest BCUT2D eigenvalue weighted by molar-refractivity contribution is -0.139. The van der Waals surface area contributed by atoms with Crippen LogP contribution in [-0.2, 0) is 9.59 Å². The lowest BCUT2D eigenvalue weighted by atomic mass is 9.95. The van der Waals surface area contributed by atoms with Gasteiger partial charge in [-0.25, -0.2) is 0 Å². The molecule has 0 spiro atoms. The summed E-state index contributed by atoms with van der Waals surface area (Å²) in [7, 11) is 0. The number of ketones is 1. The van der Waals surface area contributed by atoms with Crippen molar-refractivity contribution in [2.75, 3.05) is 13.2 Å². The summed E-state index contributed by atoms with van der Waals surface area (Å²) in [5.41, 5.74) is 1.15. The summed E-state index contributed by atoms with van der Waals surface area (Å²) < 4.78 is 11.3. The Morgan fingerprint density at radius 3 is 2.41 bits per heavy atom. The van der Waals surface area contributed by atoms with Crippen molar-refractivity contribution in [3.05, 3.63) is 64.2 Å². The summed E-state index contributed by atoms with van der Waals surface area (Å²) >= 11 is 6.20. The van der Waals surface area contributed by atoms with Crippen molar-refractivity contribution in [2.24, 2.45) is 0 Å². The molecule has 1 atom stereocenters. The van der Waals surface area contributed by atoms with E-state index >= 15 is 0 Å². The van der Waals surface area contributed by atoms with Gasteiger partial charge in [-0.2, -0.15) is 0 Å². The standard InChI is InChI=1S/C27H32ClNO5/c1-5-7-8-15-29-24(18-9-12-20(13-10-18)34-17(3)4)23(26(31)27(29)32)25(30)19-11-14-21(28)22(16-19)33-6-2/h9-14,16-17,24,30H,5-8,15H2,1-4H3/b25-23-. The first-order valence-corrected chi connectivity index (χ1v) is 12.1. The van der Waals surface area contributed by atoms with Gasteiger partial charge in [0.25, 0.3) is 11.7 Å². The molecule has 1 N–H and O–H groups in total. The number of ether oxygens (including phenoxy) is 2. The largest absolute Gasteiger partial charge is 0.507 e. The summed E-state index contributed by atoms with van der Waals surface area (Å²) in [6.07, 6.45) is 2.71. The van der Waals surface area contributed by atoms with Gasteiger partial charge in [0, 0.05) is 12.1 Å². The number of halogens is 1. The molecule has 0 aromatic heterocycles. The zero-order chi connectivity index (χ0) is 24.8. The van der Waals surface area contributed by atoms with E-state index in [-0.39, 0.29) is 17.4 Å². The number of nitrogens with zero attached hydrogens (tertiary/aromatic N) is 1. The monoisotopic (exact) mass is 485 g/mol. The molecule has 0 aliphatic carbocycles. The predicted octanol–water partition coefficient (Wildman–Crippen LogP) is 6.14. The molecule has 6 nitrogen and oxygen atoms in total. The van der Waals surface area contributed by atoms with E-state index in [1.807, 2.05) is 45.0 Å². The zero-order valence-corrected chi connectivity index (χ0v) is 20.9. The number of likely N-dealkylation sites (tertiary alicyclic amines) is 1. The Labute approximate surface area is 206 Å². The maximum Gasteiger partial charge on any atom is 0.295 e. The highest BCUT2D eigenvalue weighted by Crippen LogP contribution is 2.41. The molecule has 0 radical (unpaired) electrons. The van der Waals surface area contributed by atoms with Gasteiger partial charge < -0.3 is 19.5 Å². The zero-order valence-electron chi connectivity index (χ0n) is 20.1. The van der Waals surface area contributed by atoms with Crippen LogP contribution in [0.4, 0.5) is 0 Å². The summed E-state index contributed by atoms with van der Waals surface area (Å²) in [6, 6.07) is 11.4. The molecule has 1 fully saturated rings. The molecular weight excluding hydrogens is 454 g/mol. The normalized spacial score (nSPS) is 17.5. The topological polar surface area (TPSA) is 76.1 Å². The molecule has 1 aliphatic heterocycles. The number of hydrogen-bond donors (Lipinski definition) is 1. The van der Waals surface area contributed by atoms with Gasteiger partial charge in [0.05, 0.1) is 29.3 Å². The molecule has 3 rings (SSSR count). The van der Waals surface area contributed by atoms with Gasteiger partial charge in [0.2, 0.25) is 0 Å². The van der Waals surface area contributed by atoms with Crippen LogP contribution in [0.1, 0.15) is 64.1 Å². The fraction of sp³-hybridized carbons (Fsp3) is 0.407. The number of Topliss-reactive ketones (excluding diaryl/α,β-unsaturated/α-hetero) is 1. The van der Waals surface area contributed by atoms with Crippen molar-refractivity contribution in [1.82, 2.24) is 4.90 Å². The van der Waals surface area contributed by atoms with Crippen LogP contribution in [0.25, 0.3) is 5.76 Å². The highest BCUT2D eigenvalue weighted by Gasteiger charge is 2.45. The van der Waals surface area contributed by atoms with E-state index in [9.17, 15) is 14.7 Å². The average molecular weight is 486 g/mol. The first-order valence-electron chi connectivity index (χ1n) is 11.8. The van der Waals surface area contributed by atoms with Crippen LogP contribution in [0.15, 0.2) is 48.0 Å². The third kappa shape index (κ3) is 5.55. The van der Waals surface area contributed by atoms with Gasteiger partial charge >= 0.3 is 0 Å². The minimum atomic E-state index is -0.700. The van der Waals surface area contributed by atoms with Crippen molar-refractivity contribution in [3.8, 4) is 11.5 Å². The molecule has 1 aliphatic rings. The Bertz CT molecular complexity index is 1060. The Morgan fingerprint density at radius 2 is 1.79 bits per heavy atom. The van der Waals surface area contributed by atoms with Gasteiger partial charge in [0.15, 0.2) is 0 Å². The molecule has 0 saturated carbocycles. The Balaban J connectivity index is 2.09. The molecule has 2 aromatic rings. The van der Waals surface area contributed by atoms with E-state index in [4.69, 9.17) is 21.1 Å². The predicted molar refractivity (Wildman–Crippen MR) is 133 cm³/mol. The Hall–Kier alpha value is -2.99. The molecule has 1 saturated heterocycles. The number of hydrogen-bond acceptors (Lipinski definition) is 5. The van der Waals surface area contributed by atoms with Gasteiger partial charge in [-0.1, -0.05) is 43.5 Å². The van der Waals surface area contributed by atoms with Gasteiger partial charge in [-0.05, 0) is 63.1 Å². The summed E-state index contributed by atoms with van der Waals surface area (Å²) in [5, 5.41) is 11.6. The molecule has 34 heavy (non-hydrogen) atoms. The van der Waals surface area contributed by atoms with Crippen molar-refractivity contribution >= 4 is 29.1 Å². The average Bonchev–Trinajstić information content (AvgIpc) is 3.05. The van der Waals surface area contributed by atoms with Crippen molar-refractivity contribution in [3.63, 3.8) is 0 Å². The summed E-state index contributed by atoms with van der Waals surface area (Å²) in [5.74, 6) is -0.460. The van der Waals surface area contributed by atoms with Crippen LogP contribution < -0.4 is 9.47 Å². The second kappa shape index (κ2) is 11.4. The van der Waals surface area contributed by atoms with Crippen LogP contribution in [-0.4, -0.2) is 41.0 Å². The molecule has 1 amide bonds. The molecule has 2 aromatic carbocycles. The number of carbonyl (C=O) groups is 2. The van der Waals surface area contributed by atoms with Crippen LogP contribution in [0, 0.1) is 0 Å². The quantitative estimate of drug-likeness (QED) is 0.189. The van der Waals surface area contributed by atoms with Crippen LogP contribution in [0.5, 0.6) is 11.5 Å². The lowest BCUT2D eigenvalue weighted by Crippen LogP contribution is -2.30. The summed E-state index contributed by atoms with van der Waals surface area (Å²) in [6.45, 7) is 8.62. The van der Waals surface area contributed by atoms with Gasteiger partial charge in [0.1, 0.15) is 17.3 Å². The minimum Gasteiger partial charge on any atom is -0.507 e. The van der Waals surface area contributed by atoms with Crippen molar-refractivity contribution in [2.45, 2.75) is 59.1 Å². The second-order valence-electron chi connectivity index (χ2n) is 8.51. The second-order valence-corrected chi connectivity index (χ2v) is 8.92. The molecule has 182 valence electrons. The number of rotatable bonds is 10. The van der Waals surface area contributed by atoms with E-state index in [0.29, 0.717) is 35.2 Å². The Kier molecular flexibility index (Phi) is 8.61. The van der Waals surface area contributed by atoms with Crippen LogP contribution in [0.3, 0.4) is 0 Å².